The summed E-state index contributed by atoms with van der Waals surface area (Å²) in [7, 11) is 0. The lowest BCUT2D eigenvalue weighted by molar-refractivity contribution is 0.0942. The van der Waals surface area contributed by atoms with Crippen molar-refractivity contribution in [3.8, 4) is 0 Å². The molecule has 1 aromatic heterocycles. The first-order valence-electron chi connectivity index (χ1n) is 8.72. The van der Waals surface area contributed by atoms with E-state index < -0.39 is 0 Å². The summed E-state index contributed by atoms with van der Waals surface area (Å²) in [6, 6.07) is 11.6. The third kappa shape index (κ3) is 2.44. The Hall–Kier alpha value is -3.44. The van der Waals surface area contributed by atoms with Crippen molar-refractivity contribution in [1.29, 1.82) is 0 Å². The van der Waals surface area contributed by atoms with Crippen LogP contribution in [0.15, 0.2) is 65.7 Å². The topological polar surface area (TPSA) is 56.1 Å². The summed E-state index contributed by atoms with van der Waals surface area (Å²) < 4.78 is 1.48. The molecule has 0 saturated carbocycles. The van der Waals surface area contributed by atoms with Crippen molar-refractivity contribution in [1.82, 2.24) is 4.57 Å². The van der Waals surface area contributed by atoms with Crippen molar-refractivity contribution < 1.29 is 14.4 Å². The molecule has 2 heterocycles. The Balaban J connectivity index is 1.65. The molecule has 0 spiro atoms. The highest BCUT2D eigenvalue weighted by Crippen LogP contribution is 2.30. The maximum atomic E-state index is 13.2. The van der Waals surface area contributed by atoms with E-state index in [1.54, 1.807) is 66.6 Å². The summed E-state index contributed by atoms with van der Waals surface area (Å²) in [5, 5.41) is 3.89. The minimum absolute atomic E-state index is 0.182. The Morgan fingerprint density at radius 1 is 0.750 bits per heavy atom. The Kier molecular flexibility index (Phi) is 3.77. The molecular formula is C23H13NO3S. The van der Waals surface area contributed by atoms with E-state index in [9.17, 15) is 14.4 Å². The van der Waals surface area contributed by atoms with Crippen molar-refractivity contribution in [3.05, 3.63) is 105 Å². The number of thioether (sulfide) groups is 1. The molecule has 0 saturated heterocycles. The predicted octanol–water partition coefficient (Wildman–Crippen LogP) is 4.64. The normalized spacial score (nSPS) is 14.3. The molecule has 5 rings (SSSR count). The van der Waals surface area contributed by atoms with E-state index in [-0.39, 0.29) is 34.2 Å². The Morgan fingerprint density at radius 3 is 2.04 bits per heavy atom. The summed E-state index contributed by atoms with van der Waals surface area (Å²) in [5.41, 5.74) is 3.26. The Morgan fingerprint density at radius 2 is 1.36 bits per heavy atom. The van der Waals surface area contributed by atoms with Crippen LogP contribution in [-0.2, 0) is 0 Å². The highest BCUT2D eigenvalue weighted by Gasteiger charge is 2.33. The van der Waals surface area contributed by atoms with Gasteiger partial charge >= 0.3 is 0 Å². The number of benzene rings is 2. The van der Waals surface area contributed by atoms with Crippen molar-refractivity contribution in [2.75, 3.05) is 0 Å². The lowest BCUT2D eigenvalue weighted by Crippen LogP contribution is -2.25. The van der Waals surface area contributed by atoms with Crippen molar-refractivity contribution in [3.63, 3.8) is 0 Å². The van der Waals surface area contributed by atoms with Gasteiger partial charge in [-0.25, -0.2) is 0 Å². The average molecular weight is 383 g/mol. The van der Waals surface area contributed by atoms with Gasteiger partial charge in [0, 0.05) is 45.8 Å². The van der Waals surface area contributed by atoms with E-state index in [1.165, 1.54) is 4.57 Å². The van der Waals surface area contributed by atoms with Crippen LogP contribution in [0.25, 0.3) is 12.2 Å². The largest absolute Gasteiger partial charge is 0.289 e. The maximum absolute atomic E-state index is 13.2. The van der Waals surface area contributed by atoms with E-state index in [1.807, 2.05) is 23.0 Å². The fourth-order valence-corrected chi connectivity index (χ4v) is 4.16. The second kappa shape index (κ2) is 6.32. The van der Waals surface area contributed by atoms with E-state index in [2.05, 4.69) is 0 Å². The van der Waals surface area contributed by atoms with Crippen LogP contribution in [0, 0.1) is 0 Å². The number of aromatic nitrogens is 1. The molecule has 3 aromatic rings. The fourth-order valence-electron chi connectivity index (χ4n) is 3.61. The van der Waals surface area contributed by atoms with Gasteiger partial charge in [-0.2, -0.15) is 0 Å². The molecule has 1 aliphatic carbocycles. The lowest BCUT2D eigenvalue weighted by Gasteiger charge is -2.19. The first-order valence-corrected chi connectivity index (χ1v) is 9.66. The number of carbonyl (C=O) groups is 3. The summed E-state index contributed by atoms with van der Waals surface area (Å²) in [6.45, 7) is 0. The third-order valence-corrected chi connectivity index (χ3v) is 5.55. The number of nitrogens with zero attached hydrogens (tertiary/aromatic N) is 1. The molecule has 28 heavy (non-hydrogen) atoms. The molecule has 0 fully saturated rings. The lowest BCUT2D eigenvalue weighted by atomic mass is 9.81. The van der Waals surface area contributed by atoms with Crippen LogP contribution in [0.1, 0.15) is 53.3 Å². The summed E-state index contributed by atoms with van der Waals surface area (Å²) in [5.74, 6) is -0.856. The summed E-state index contributed by atoms with van der Waals surface area (Å²) in [4.78, 5) is 39.2. The zero-order valence-electron chi connectivity index (χ0n) is 14.6. The first-order chi connectivity index (χ1) is 13.6. The molecule has 134 valence electrons. The van der Waals surface area contributed by atoms with Gasteiger partial charge in [-0.3, -0.25) is 19.0 Å². The van der Waals surface area contributed by atoms with Crippen LogP contribution < -0.4 is 0 Å². The second-order valence-corrected chi connectivity index (χ2v) is 7.37. The minimum Gasteiger partial charge on any atom is -0.289 e. The number of carbonyl (C=O) groups excluding carboxylic acids is 3. The molecule has 5 heteroatoms. The predicted molar refractivity (Wildman–Crippen MR) is 110 cm³/mol. The smallest absolute Gasteiger partial charge is 0.262 e. The van der Waals surface area contributed by atoms with Crippen molar-refractivity contribution in [2.45, 2.75) is 0 Å². The van der Waals surface area contributed by atoms with Gasteiger partial charge in [-0.15, -0.1) is 11.8 Å². The number of ketones is 2. The second-order valence-electron chi connectivity index (χ2n) is 6.55. The average Bonchev–Trinajstić information content (AvgIpc) is 3.01. The maximum Gasteiger partial charge on any atom is 0.262 e. The number of hydrogen-bond donors (Lipinski definition) is 0. The standard InChI is InChI=1S/C23H13NO3S/c25-21-16-4-1-2-5-17(16)22(26)20-18(21)6-3-7-19(20)23(27)24-12-14-8-10-28-11-9-15(14)13-24/h1-13H. The van der Waals surface area contributed by atoms with Gasteiger partial charge in [0.2, 0.25) is 0 Å². The zero-order chi connectivity index (χ0) is 19.3. The summed E-state index contributed by atoms with van der Waals surface area (Å²) >= 11 is 1.56. The number of fused-ring (bicyclic) bond motifs is 3. The van der Waals surface area contributed by atoms with Gasteiger partial charge in [-0.1, -0.05) is 36.4 Å². The van der Waals surface area contributed by atoms with Gasteiger partial charge in [0.05, 0.1) is 5.56 Å². The monoisotopic (exact) mass is 383 g/mol. The molecule has 0 bridgehead atoms. The molecule has 2 aromatic carbocycles. The van der Waals surface area contributed by atoms with E-state index in [0.717, 1.165) is 11.1 Å². The van der Waals surface area contributed by atoms with E-state index >= 15 is 0 Å². The van der Waals surface area contributed by atoms with Gasteiger partial charge in [0.25, 0.3) is 5.91 Å². The van der Waals surface area contributed by atoms with Crippen molar-refractivity contribution >= 4 is 41.4 Å². The van der Waals surface area contributed by atoms with Crippen LogP contribution in [-0.4, -0.2) is 22.0 Å². The summed E-state index contributed by atoms with van der Waals surface area (Å²) in [6.07, 6.45) is 7.37. The zero-order valence-corrected chi connectivity index (χ0v) is 15.4. The molecule has 4 nitrogen and oxygen atoms in total. The van der Waals surface area contributed by atoms with Gasteiger partial charge in [0.15, 0.2) is 11.6 Å². The molecule has 2 aliphatic rings. The highest BCUT2D eigenvalue weighted by molar-refractivity contribution is 8.05. The molecule has 1 aliphatic heterocycles. The first kappa shape index (κ1) is 16.7. The van der Waals surface area contributed by atoms with Crippen molar-refractivity contribution in [2.24, 2.45) is 0 Å². The van der Waals surface area contributed by atoms with E-state index in [4.69, 9.17) is 0 Å². The Bertz CT molecular complexity index is 1220. The fraction of sp³-hybridized carbons (Fsp3) is 0. The third-order valence-electron chi connectivity index (χ3n) is 4.96. The Labute approximate surface area is 165 Å². The molecule has 0 atom stereocenters. The SMILES string of the molecule is O=C1c2ccccc2C(=O)c2c1cccc2C(=O)n1cc2c(c1)C=CSC=C2. The molecule has 0 unspecified atom stereocenters. The molecule has 0 radical (unpaired) electrons. The van der Waals surface area contributed by atoms with Crippen LogP contribution in [0.2, 0.25) is 0 Å². The number of hydrogen-bond acceptors (Lipinski definition) is 4. The van der Waals surface area contributed by atoms with E-state index in [0.29, 0.717) is 11.1 Å². The molecular weight excluding hydrogens is 370 g/mol. The molecule has 0 N–H and O–H groups in total. The minimum atomic E-state index is -0.333. The van der Waals surface area contributed by atoms with Gasteiger partial charge < -0.3 is 0 Å². The van der Waals surface area contributed by atoms with Crippen LogP contribution >= 0.6 is 11.8 Å². The van der Waals surface area contributed by atoms with Crippen LogP contribution in [0.3, 0.4) is 0 Å². The quantitative estimate of drug-likeness (QED) is 0.480. The van der Waals surface area contributed by atoms with Gasteiger partial charge in [-0.05, 0) is 29.0 Å². The van der Waals surface area contributed by atoms with Crippen LogP contribution in [0.4, 0.5) is 0 Å². The van der Waals surface area contributed by atoms with Crippen LogP contribution in [0.5, 0.6) is 0 Å². The molecule has 0 amide bonds. The van der Waals surface area contributed by atoms with Gasteiger partial charge in [0.1, 0.15) is 0 Å². The number of rotatable bonds is 1. The highest BCUT2D eigenvalue weighted by atomic mass is 32.2.